The summed E-state index contributed by atoms with van der Waals surface area (Å²) in [5.74, 6) is 0.477. The maximum absolute atomic E-state index is 12.7. The molecule has 3 amide bonds. The molecule has 4 heterocycles. The Labute approximate surface area is 197 Å². The molecule has 4 aromatic rings. The number of aromatic amines is 1. The normalized spacial score (nSPS) is 14.2. The highest BCUT2D eigenvalue weighted by Gasteiger charge is 2.27. The lowest BCUT2D eigenvalue weighted by Crippen LogP contribution is -2.40. The first kappa shape index (κ1) is 21.3. The third kappa shape index (κ3) is 4.94. The number of carbonyl (C=O) groups excluding carboxylic acids is 2. The lowest BCUT2D eigenvalue weighted by Gasteiger charge is -2.30. The van der Waals surface area contributed by atoms with Crippen molar-refractivity contribution in [2.24, 2.45) is 0 Å². The fourth-order valence-corrected chi connectivity index (χ4v) is 5.19. The summed E-state index contributed by atoms with van der Waals surface area (Å²) >= 11 is 2.85. The number of thiazole rings is 2. The number of rotatable bonds is 5. The number of H-pyrrole nitrogens is 1. The molecular weight excluding hydrogens is 458 g/mol. The number of urea groups is 1. The molecule has 0 unspecified atom stereocenters. The summed E-state index contributed by atoms with van der Waals surface area (Å²) in [6, 6.07) is 11.5. The molecule has 0 spiro atoms. The van der Waals surface area contributed by atoms with Gasteiger partial charge in [0.15, 0.2) is 10.9 Å². The van der Waals surface area contributed by atoms with Gasteiger partial charge in [-0.25, -0.2) is 14.8 Å². The van der Waals surface area contributed by atoms with Gasteiger partial charge in [0.05, 0.1) is 10.7 Å². The Morgan fingerprint density at radius 1 is 1.09 bits per heavy atom. The minimum atomic E-state index is -0.252. The quantitative estimate of drug-likeness (QED) is 0.385. The van der Waals surface area contributed by atoms with E-state index in [1.165, 1.54) is 22.7 Å². The van der Waals surface area contributed by atoms with Crippen LogP contribution in [0.15, 0.2) is 53.4 Å². The second-order valence-corrected chi connectivity index (χ2v) is 9.37. The Morgan fingerprint density at radius 2 is 1.91 bits per heavy atom. The van der Waals surface area contributed by atoms with E-state index >= 15 is 0 Å². The highest BCUT2D eigenvalue weighted by atomic mass is 32.1. The summed E-state index contributed by atoms with van der Waals surface area (Å²) in [7, 11) is 0. The predicted molar refractivity (Wildman–Crippen MR) is 129 cm³/mol. The summed E-state index contributed by atoms with van der Waals surface area (Å²) in [6.07, 6.45) is 3.24. The predicted octanol–water partition coefficient (Wildman–Crippen LogP) is 4.65. The largest absolute Gasteiger partial charge is 0.324 e. The Hall–Kier alpha value is -3.57. The molecular formula is C22H21N7O2S2. The Morgan fingerprint density at radius 3 is 2.67 bits per heavy atom. The van der Waals surface area contributed by atoms with Crippen LogP contribution >= 0.6 is 22.7 Å². The SMILES string of the molecule is O=C(Nc1nccs1)c1csc(C2CCN(C(=O)Nc3cc(-c4ccccc4)[nH]n3)CC2)n1. The second-order valence-electron chi connectivity index (χ2n) is 7.59. The van der Waals surface area contributed by atoms with Crippen molar-refractivity contribution < 1.29 is 9.59 Å². The lowest BCUT2D eigenvalue weighted by atomic mass is 9.98. The van der Waals surface area contributed by atoms with Gasteiger partial charge in [0.2, 0.25) is 0 Å². The molecule has 5 rings (SSSR count). The van der Waals surface area contributed by atoms with Crippen LogP contribution in [0.1, 0.15) is 34.3 Å². The van der Waals surface area contributed by atoms with E-state index < -0.39 is 0 Å². The number of likely N-dealkylation sites (tertiary alicyclic amines) is 1. The maximum atomic E-state index is 12.7. The van der Waals surface area contributed by atoms with Crippen molar-refractivity contribution in [2.45, 2.75) is 18.8 Å². The van der Waals surface area contributed by atoms with Crippen molar-refractivity contribution in [1.29, 1.82) is 0 Å². The first-order valence-electron chi connectivity index (χ1n) is 10.5. The van der Waals surface area contributed by atoms with Gasteiger partial charge in [-0.1, -0.05) is 30.3 Å². The second kappa shape index (κ2) is 9.51. The monoisotopic (exact) mass is 479 g/mol. The van der Waals surface area contributed by atoms with Gasteiger partial charge in [0, 0.05) is 42.0 Å². The third-order valence-electron chi connectivity index (χ3n) is 5.44. The maximum Gasteiger partial charge on any atom is 0.323 e. The van der Waals surface area contributed by atoms with E-state index in [2.05, 4.69) is 30.8 Å². The summed E-state index contributed by atoms with van der Waals surface area (Å²) in [4.78, 5) is 35.4. The number of hydrogen-bond donors (Lipinski definition) is 3. The fourth-order valence-electron chi connectivity index (χ4n) is 3.70. The van der Waals surface area contributed by atoms with E-state index in [1.807, 2.05) is 36.4 Å². The number of piperidine rings is 1. The molecule has 168 valence electrons. The zero-order chi connectivity index (χ0) is 22.6. The average Bonchev–Trinajstić information content (AvgIpc) is 3.62. The number of nitrogens with zero attached hydrogens (tertiary/aromatic N) is 4. The third-order valence-corrected chi connectivity index (χ3v) is 7.13. The number of anilines is 2. The molecule has 3 aromatic heterocycles. The molecule has 3 N–H and O–H groups in total. The van der Waals surface area contributed by atoms with Crippen molar-refractivity contribution in [3.63, 3.8) is 0 Å². The molecule has 1 aliphatic rings. The van der Waals surface area contributed by atoms with E-state index in [4.69, 9.17) is 0 Å². The highest BCUT2D eigenvalue weighted by Crippen LogP contribution is 2.31. The highest BCUT2D eigenvalue weighted by molar-refractivity contribution is 7.13. The molecule has 1 aliphatic heterocycles. The van der Waals surface area contributed by atoms with Gasteiger partial charge in [-0.2, -0.15) is 5.10 Å². The van der Waals surface area contributed by atoms with Crippen LogP contribution in [0.5, 0.6) is 0 Å². The Bertz CT molecular complexity index is 1230. The molecule has 33 heavy (non-hydrogen) atoms. The van der Waals surface area contributed by atoms with Crippen LogP contribution in [-0.2, 0) is 0 Å². The Balaban J connectivity index is 1.14. The number of benzene rings is 1. The van der Waals surface area contributed by atoms with Crippen LogP contribution in [-0.4, -0.2) is 50.1 Å². The molecule has 0 aliphatic carbocycles. The van der Waals surface area contributed by atoms with Crippen molar-refractivity contribution in [3.05, 3.63) is 64.1 Å². The van der Waals surface area contributed by atoms with Crippen molar-refractivity contribution >= 4 is 45.6 Å². The van der Waals surface area contributed by atoms with E-state index in [-0.39, 0.29) is 17.9 Å². The molecule has 11 heteroatoms. The first-order valence-corrected chi connectivity index (χ1v) is 12.2. The van der Waals surface area contributed by atoms with Gasteiger partial charge < -0.3 is 4.90 Å². The summed E-state index contributed by atoms with van der Waals surface area (Å²) < 4.78 is 0. The van der Waals surface area contributed by atoms with Crippen LogP contribution in [0, 0.1) is 0 Å². The summed E-state index contributed by atoms with van der Waals surface area (Å²) in [6.45, 7) is 1.24. The topological polar surface area (TPSA) is 116 Å². The molecule has 1 saturated heterocycles. The fraction of sp³-hybridized carbons (Fsp3) is 0.227. The molecule has 0 bridgehead atoms. The Kier molecular flexibility index (Phi) is 6.13. The minimum absolute atomic E-state index is 0.165. The van der Waals surface area contributed by atoms with Crippen molar-refractivity contribution in [1.82, 2.24) is 25.1 Å². The van der Waals surface area contributed by atoms with Gasteiger partial charge >= 0.3 is 6.03 Å². The number of aromatic nitrogens is 4. The summed E-state index contributed by atoms with van der Waals surface area (Å²) in [5.41, 5.74) is 2.26. The van der Waals surface area contributed by atoms with Crippen molar-refractivity contribution in [2.75, 3.05) is 23.7 Å². The average molecular weight is 480 g/mol. The van der Waals surface area contributed by atoms with Crippen LogP contribution in [0.3, 0.4) is 0 Å². The van der Waals surface area contributed by atoms with Crippen LogP contribution in [0.25, 0.3) is 11.3 Å². The van der Waals surface area contributed by atoms with Gasteiger partial charge in [-0.05, 0) is 18.4 Å². The van der Waals surface area contributed by atoms with E-state index in [9.17, 15) is 9.59 Å². The zero-order valence-electron chi connectivity index (χ0n) is 17.5. The van der Waals surface area contributed by atoms with Crippen LogP contribution < -0.4 is 10.6 Å². The molecule has 0 radical (unpaired) electrons. The van der Waals surface area contributed by atoms with E-state index in [0.29, 0.717) is 29.7 Å². The van der Waals surface area contributed by atoms with Crippen LogP contribution in [0.4, 0.5) is 15.7 Å². The number of nitrogens with one attached hydrogen (secondary N) is 3. The number of hydrogen-bond acceptors (Lipinski definition) is 7. The number of carbonyl (C=O) groups is 2. The number of amides is 3. The molecule has 0 atom stereocenters. The molecule has 9 nitrogen and oxygen atoms in total. The smallest absolute Gasteiger partial charge is 0.323 e. The van der Waals surface area contributed by atoms with Crippen LogP contribution in [0.2, 0.25) is 0 Å². The molecule has 1 fully saturated rings. The lowest BCUT2D eigenvalue weighted by molar-refractivity contribution is 0.102. The van der Waals surface area contributed by atoms with Gasteiger partial charge in [-0.3, -0.25) is 20.5 Å². The standard InChI is InChI=1S/C22H21N7O2S2/c30-19(26-21-23-8-11-32-21)17-13-33-20(24-17)15-6-9-29(10-7-15)22(31)25-18-12-16(27-28-18)14-4-2-1-3-5-14/h1-5,8,11-13,15H,6-7,9-10H2,(H,23,26,30)(H2,25,27,28,31). The zero-order valence-corrected chi connectivity index (χ0v) is 19.2. The summed E-state index contributed by atoms with van der Waals surface area (Å²) in [5, 5.41) is 17.9. The first-order chi connectivity index (χ1) is 16.2. The molecule has 1 aromatic carbocycles. The van der Waals surface area contributed by atoms with Gasteiger partial charge in [0.1, 0.15) is 5.69 Å². The van der Waals surface area contributed by atoms with E-state index in [0.717, 1.165) is 29.1 Å². The van der Waals surface area contributed by atoms with Gasteiger partial charge in [0.25, 0.3) is 5.91 Å². The van der Waals surface area contributed by atoms with Gasteiger partial charge in [-0.15, -0.1) is 22.7 Å². The molecule has 0 saturated carbocycles. The van der Waals surface area contributed by atoms with E-state index in [1.54, 1.807) is 21.9 Å². The van der Waals surface area contributed by atoms with Crippen molar-refractivity contribution in [3.8, 4) is 11.3 Å². The minimum Gasteiger partial charge on any atom is -0.324 e.